The monoisotopic (exact) mass is 289 g/mol. The minimum atomic E-state index is 0.158. The van der Waals surface area contributed by atoms with Crippen LogP contribution in [0.3, 0.4) is 0 Å². The third-order valence-corrected chi connectivity index (χ3v) is 5.00. The van der Waals surface area contributed by atoms with Gasteiger partial charge in [0, 0.05) is 24.8 Å². The third-order valence-electron chi connectivity index (χ3n) is 4.14. The minimum absolute atomic E-state index is 0.158. The standard InChI is InChI=1S/C15H19N3OS/c1-10-14(11(2)17(3)16-10)12-6-4-8-18(12)15(19)13-7-5-9-20-13/h5,7,9,12H,4,6,8H2,1-3H3. The highest BCUT2D eigenvalue weighted by atomic mass is 32.1. The number of thiophene rings is 1. The summed E-state index contributed by atoms with van der Waals surface area (Å²) < 4.78 is 1.91. The molecule has 1 saturated heterocycles. The van der Waals surface area contributed by atoms with E-state index in [1.807, 2.05) is 41.1 Å². The van der Waals surface area contributed by atoms with Crippen LogP contribution < -0.4 is 0 Å². The van der Waals surface area contributed by atoms with Gasteiger partial charge in [-0.25, -0.2) is 0 Å². The average Bonchev–Trinajstić information content (AvgIpc) is 3.12. The highest BCUT2D eigenvalue weighted by molar-refractivity contribution is 7.12. The van der Waals surface area contributed by atoms with Gasteiger partial charge in [-0.2, -0.15) is 5.10 Å². The zero-order chi connectivity index (χ0) is 14.3. The Hall–Kier alpha value is -1.62. The van der Waals surface area contributed by atoms with E-state index in [1.165, 1.54) is 22.6 Å². The number of hydrogen-bond donors (Lipinski definition) is 0. The first kappa shape index (κ1) is 13.4. The summed E-state index contributed by atoms with van der Waals surface area (Å²) in [5.41, 5.74) is 3.44. The molecular weight excluding hydrogens is 270 g/mol. The van der Waals surface area contributed by atoms with Gasteiger partial charge in [0.15, 0.2) is 0 Å². The molecule has 0 radical (unpaired) electrons. The lowest BCUT2D eigenvalue weighted by Crippen LogP contribution is -2.30. The molecule has 1 aliphatic rings. The molecule has 1 unspecified atom stereocenters. The number of likely N-dealkylation sites (tertiary alicyclic amines) is 1. The highest BCUT2D eigenvalue weighted by Crippen LogP contribution is 2.36. The van der Waals surface area contributed by atoms with Crippen molar-refractivity contribution in [1.82, 2.24) is 14.7 Å². The summed E-state index contributed by atoms with van der Waals surface area (Å²) >= 11 is 1.52. The number of aryl methyl sites for hydroxylation is 2. The maximum Gasteiger partial charge on any atom is 0.264 e. The number of hydrogen-bond acceptors (Lipinski definition) is 3. The molecule has 5 heteroatoms. The van der Waals surface area contributed by atoms with Crippen LogP contribution in [0.15, 0.2) is 17.5 Å². The predicted octanol–water partition coefficient (Wildman–Crippen LogP) is 3.08. The van der Waals surface area contributed by atoms with Gasteiger partial charge in [0.05, 0.1) is 16.6 Å². The molecule has 1 fully saturated rings. The SMILES string of the molecule is Cc1nn(C)c(C)c1C1CCCN1C(=O)c1cccs1. The van der Waals surface area contributed by atoms with Crippen LogP contribution in [0, 0.1) is 13.8 Å². The second-order valence-corrected chi connectivity index (χ2v) is 6.29. The Morgan fingerprint density at radius 1 is 1.45 bits per heavy atom. The van der Waals surface area contributed by atoms with Crippen molar-refractivity contribution < 1.29 is 4.79 Å². The third kappa shape index (κ3) is 2.06. The van der Waals surface area contributed by atoms with Crippen molar-refractivity contribution in [2.24, 2.45) is 7.05 Å². The highest BCUT2D eigenvalue weighted by Gasteiger charge is 2.34. The molecule has 0 saturated carbocycles. The summed E-state index contributed by atoms with van der Waals surface area (Å²) in [6.07, 6.45) is 2.10. The number of amides is 1. The fourth-order valence-electron chi connectivity index (χ4n) is 3.12. The summed E-state index contributed by atoms with van der Waals surface area (Å²) in [5.74, 6) is 0.158. The van der Waals surface area contributed by atoms with Gasteiger partial charge in [-0.1, -0.05) is 6.07 Å². The second kappa shape index (κ2) is 5.05. The molecule has 20 heavy (non-hydrogen) atoms. The first-order valence-corrected chi connectivity index (χ1v) is 7.82. The Morgan fingerprint density at radius 3 is 2.85 bits per heavy atom. The Kier molecular flexibility index (Phi) is 3.38. The fraction of sp³-hybridized carbons (Fsp3) is 0.467. The van der Waals surface area contributed by atoms with Gasteiger partial charge in [-0.15, -0.1) is 11.3 Å². The van der Waals surface area contributed by atoms with E-state index in [0.717, 1.165) is 30.0 Å². The van der Waals surface area contributed by atoms with Crippen LogP contribution in [-0.2, 0) is 7.05 Å². The summed E-state index contributed by atoms with van der Waals surface area (Å²) in [4.78, 5) is 15.5. The largest absolute Gasteiger partial charge is 0.331 e. The molecule has 4 nitrogen and oxygen atoms in total. The molecule has 106 valence electrons. The van der Waals surface area contributed by atoms with E-state index in [2.05, 4.69) is 12.0 Å². The van der Waals surface area contributed by atoms with Crippen molar-refractivity contribution in [1.29, 1.82) is 0 Å². The smallest absolute Gasteiger partial charge is 0.264 e. The van der Waals surface area contributed by atoms with Crippen LogP contribution in [0.5, 0.6) is 0 Å². The molecule has 2 aromatic heterocycles. The zero-order valence-corrected chi connectivity index (χ0v) is 12.9. The van der Waals surface area contributed by atoms with E-state index in [9.17, 15) is 4.79 Å². The molecule has 3 heterocycles. The fourth-order valence-corrected chi connectivity index (χ4v) is 3.80. The van der Waals surface area contributed by atoms with Crippen LogP contribution in [0.4, 0.5) is 0 Å². The summed E-state index contributed by atoms with van der Waals surface area (Å²) in [7, 11) is 1.96. The molecule has 1 amide bonds. The van der Waals surface area contributed by atoms with Gasteiger partial charge in [0.1, 0.15) is 0 Å². The minimum Gasteiger partial charge on any atom is -0.331 e. The quantitative estimate of drug-likeness (QED) is 0.852. The first-order valence-electron chi connectivity index (χ1n) is 6.94. The van der Waals surface area contributed by atoms with E-state index in [-0.39, 0.29) is 11.9 Å². The van der Waals surface area contributed by atoms with Crippen LogP contribution in [0.2, 0.25) is 0 Å². The van der Waals surface area contributed by atoms with Crippen LogP contribution in [0.25, 0.3) is 0 Å². The lowest BCUT2D eigenvalue weighted by Gasteiger charge is -2.25. The van der Waals surface area contributed by atoms with Gasteiger partial charge in [0.2, 0.25) is 0 Å². The maximum atomic E-state index is 12.6. The Labute approximate surface area is 123 Å². The molecule has 2 aromatic rings. The van der Waals surface area contributed by atoms with Crippen LogP contribution in [-0.4, -0.2) is 27.1 Å². The van der Waals surface area contributed by atoms with Gasteiger partial charge in [0.25, 0.3) is 5.91 Å². The van der Waals surface area contributed by atoms with Crippen LogP contribution in [0.1, 0.15) is 45.5 Å². The summed E-state index contributed by atoms with van der Waals surface area (Å²) in [6, 6.07) is 4.02. The number of aromatic nitrogens is 2. The van der Waals surface area contributed by atoms with Gasteiger partial charge < -0.3 is 4.90 Å². The molecule has 3 rings (SSSR count). The molecule has 1 aliphatic heterocycles. The van der Waals surface area contributed by atoms with Crippen molar-refractivity contribution >= 4 is 17.2 Å². The average molecular weight is 289 g/mol. The van der Waals surface area contributed by atoms with Crippen molar-refractivity contribution in [3.63, 3.8) is 0 Å². The van der Waals surface area contributed by atoms with Crippen molar-refractivity contribution in [2.75, 3.05) is 6.54 Å². The van der Waals surface area contributed by atoms with E-state index in [0.29, 0.717) is 0 Å². The molecular formula is C15H19N3OS. The molecule has 0 aromatic carbocycles. The Balaban J connectivity index is 1.95. The Bertz CT molecular complexity index is 630. The molecule has 0 N–H and O–H groups in total. The van der Waals surface area contributed by atoms with Crippen molar-refractivity contribution in [3.05, 3.63) is 39.3 Å². The lowest BCUT2D eigenvalue weighted by molar-refractivity contribution is 0.0740. The summed E-state index contributed by atoms with van der Waals surface area (Å²) in [6.45, 7) is 4.96. The number of carbonyl (C=O) groups is 1. The molecule has 1 atom stereocenters. The topological polar surface area (TPSA) is 38.1 Å². The van der Waals surface area contributed by atoms with E-state index in [4.69, 9.17) is 0 Å². The zero-order valence-electron chi connectivity index (χ0n) is 12.1. The Morgan fingerprint density at radius 2 is 2.25 bits per heavy atom. The number of nitrogens with zero attached hydrogens (tertiary/aromatic N) is 3. The van der Waals surface area contributed by atoms with E-state index < -0.39 is 0 Å². The molecule has 0 bridgehead atoms. The second-order valence-electron chi connectivity index (χ2n) is 5.34. The first-order chi connectivity index (χ1) is 9.59. The number of carbonyl (C=O) groups excluding carboxylic acids is 1. The van der Waals surface area contributed by atoms with Crippen molar-refractivity contribution in [3.8, 4) is 0 Å². The van der Waals surface area contributed by atoms with E-state index >= 15 is 0 Å². The van der Waals surface area contributed by atoms with Gasteiger partial charge >= 0.3 is 0 Å². The van der Waals surface area contributed by atoms with Gasteiger partial charge in [-0.05, 0) is 38.1 Å². The van der Waals surface area contributed by atoms with Crippen LogP contribution >= 0.6 is 11.3 Å². The normalized spacial score (nSPS) is 18.8. The van der Waals surface area contributed by atoms with E-state index in [1.54, 1.807) is 0 Å². The molecule has 0 aliphatic carbocycles. The summed E-state index contributed by atoms with van der Waals surface area (Å²) in [5, 5.41) is 6.45. The molecule has 0 spiro atoms. The van der Waals surface area contributed by atoms with Crippen molar-refractivity contribution in [2.45, 2.75) is 32.7 Å². The predicted molar refractivity (Wildman–Crippen MR) is 80.0 cm³/mol. The van der Waals surface area contributed by atoms with Gasteiger partial charge in [-0.3, -0.25) is 9.48 Å². The number of rotatable bonds is 2. The maximum absolute atomic E-state index is 12.6. The lowest BCUT2D eigenvalue weighted by atomic mass is 10.0.